The van der Waals surface area contributed by atoms with E-state index in [9.17, 15) is 9.59 Å². The Morgan fingerprint density at radius 1 is 1.08 bits per heavy atom. The number of benzene rings is 2. The molecule has 7 nitrogen and oxygen atoms in total. The molecule has 1 atom stereocenters. The number of methoxy groups -OCH3 is 1. The molecule has 0 fully saturated rings. The minimum Gasteiger partial charge on any atom is -0.467 e. The normalized spacial score (nSPS) is 13.0. The summed E-state index contributed by atoms with van der Waals surface area (Å²) in [6.07, 6.45) is -0.769. The Morgan fingerprint density at radius 3 is 2.58 bits per heavy atom. The SMILES string of the molecule is COC(=O)C(NC(=O)Oc1ccccc1)c1ccc2c(c1)OCO2. The molecular formula is C17H15NO6. The molecule has 1 N–H and O–H groups in total. The van der Waals surface area contributed by atoms with Gasteiger partial charge in [-0.1, -0.05) is 24.3 Å². The molecule has 1 heterocycles. The van der Waals surface area contributed by atoms with Crippen LogP contribution < -0.4 is 19.5 Å². The first-order valence-electron chi connectivity index (χ1n) is 7.18. The summed E-state index contributed by atoms with van der Waals surface area (Å²) in [5.41, 5.74) is 0.496. The number of carbonyl (C=O) groups is 2. The maximum atomic E-state index is 12.1. The van der Waals surface area contributed by atoms with Crippen molar-refractivity contribution < 1.29 is 28.5 Å². The fraction of sp³-hybridized carbons (Fsp3) is 0.176. The minimum absolute atomic E-state index is 0.116. The molecule has 1 unspecified atom stereocenters. The van der Waals surface area contributed by atoms with E-state index in [0.29, 0.717) is 22.8 Å². The first-order chi connectivity index (χ1) is 11.7. The Hall–Kier alpha value is -3.22. The molecule has 124 valence electrons. The fourth-order valence-corrected chi connectivity index (χ4v) is 2.23. The van der Waals surface area contributed by atoms with Gasteiger partial charge in [-0.05, 0) is 29.8 Å². The lowest BCUT2D eigenvalue weighted by Crippen LogP contribution is -2.36. The van der Waals surface area contributed by atoms with Crippen molar-refractivity contribution in [1.29, 1.82) is 0 Å². The van der Waals surface area contributed by atoms with Crippen LogP contribution in [0.2, 0.25) is 0 Å². The van der Waals surface area contributed by atoms with Gasteiger partial charge in [-0.25, -0.2) is 9.59 Å². The lowest BCUT2D eigenvalue weighted by molar-refractivity contribution is -0.143. The average Bonchev–Trinajstić information content (AvgIpc) is 3.07. The fourth-order valence-electron chi connectivity index (χ4n) is 2.23. The summed E-state index contributed by atoms with van der Waals surface area (Å²) in [4.78, 5) is 24.1. The van der Waals surface area contributed by atoms with Crippen molar-refractivity contribution in [2.45, 2.75) is 6.04 Å². The number of amides is 1. The van der Waals surface area contributed by atoms with Gasteiger partial charge in [0.05, 0.1) is 7.11 Å². The molecule has 2 aromatic rings. The number of hydrogen-bond acceptors (Lipinski definition) is 6. The molecule has 24 heavy (non-hydrogen) atoms. The summed E-state index contributed by atoms with van der Waals surface area (Å²) in [5.74, 6) is 0.817. The molecule has 1 amide bonds. The zero-order chi connectivity index (χ0) is 16.9. The van der Waals surface area contributed by atoms with Gasteiger partial charge in [-0.3, -0.25) is 0 Å². The van der Waals surface area contributed by atoms with E-state index >= 15 is 0 Å². The predicted octanol–water partition coefficient (Wildman–Crippen LogP) is 2.42. The van der Waals surface area contributed by atoms with Gasteiger partial charge in [0, 0.05) is 0 Å². The highest BCUT2D eigenvalue weighted by Gasteiger charge is 2.26. The first kappa shape index (κ1) is 15.7. The zero-order valence-corrected chi connectivity index (χ0v) is 12.9. The van der Waals surface area contributed by atoms with Crippen molar-refractivity contribution in [3.63, 3.8) is 0 Å². The molecular weight excluding hydrogens is 314 g/mol. The molecule has 7 heteroatoms. The van der Waals surface area contributed by atoms with Crippen LogP contribution in [0.3, 0.4) is 0 Å². The van der Waals surface area contributed by atoms with Crippen molar-refractivity contribution in [3.8, 4) is 17.2 Å². The second-order valence-electron chi connectivity index (χ2n) is 4.92. The number of ether oxygens (including phenoxy) is 4. The van der Waals surface area contributed by atoms with Crippen LogP contribution in [-0.4, -0.2) is 26.0 Å². The second-order valence-corrected chi connectivity index (χ2v) is 4.92. The van der Waals surface area contributed by atoms with Crippen molar-refractivity contribution in [2.75, 3.05) is 13.9 Å². The van der Waals surface area contributed by atoms with E-state index in [1.807, 2.05) is 0 Å². The van der Waals surface area contributed by atoms with Gasteiger partial charge in [-0.15, -0.1) is 0 Å². The van der Waals surface area contributed by atoms with Crippen molar-refractivity contribution >= 4 is 12.1 Å². The number of esters is 1. The first-order valence-corrected chi connectivity index (χ1v) is 7.18. The summed E-state index contributed by atoms with van der Waals surface area (Å²) < 4.78 is 20.4. The Morgan fingerprint density at radius 2 is 1.83 bits per heavy atom. The highest BCUT2D eigenvalue weighted by molar-refractivity contribution is 5.83. The lowest BCUT2D eigenvalue weighted by atomic mass is 10.1. The Bertz CT molecular complexity index is 746. The highest BCUT2D eigenvalue weighted by Crippen LogP contribution is 2.34. The van der Waals surface area contributed by atoms with E-state index in [1.165, 1.54) is 7.11 Å². The molecule has 2 aromatic carbocycles. The van der Waals surface area contributed by atoms with Gasteiger partial charge in [-0.2, -0.15) is 0 Å². The van der Waals surface area contributed by atoms with Gasteiger partial charge in [0.1, 0.15) is 5.75 Å². The third-order valence-electron chi connectivity index (χ3n) is 3.38. The number of para-hydroxylation sites is 1. The number of carbonyl (C=O) groups excluding carboxylic acids is 2. The monoisotopic (exact) mass is 329 g/mol. The van der Waals surface area contributed by atoms with Gasteiger partial charge in [0.25, 0.3) is 0 Å². The van der Waals surface area contributed by atoms with E-state index in [2.05, 4.69) is 5.32 Å². The number of rotatable bonds is 4. The number of nitrogens with one attached hydrogen (secondary N) is 1. The summed E-state index contributed by atoms with van der Waals surface area (Å²) in [6, 6.07) is 12.4. The predicted molar refractivity (Wildman–Crippen MR) is 82.9 cm³/mol. The summed E-state index contributed by atoms with van der Waals surface area (Å²) >= 11 is 0. The average molecular weight is 329 g/mol. The molecule has 1 aliphatic heterocycles. The van der Waals surface area contributed by atoms with E-state index < -0.39 is 18.1 Å². The van der Waals surface area contributed by atoms with Gasteiger partial charge in [0.15, 0.2) is 17.5 Å². The van der Waals surface area contributed by atoms with Crippen LogP contribution in [0.15, 0.2) is 48.5 Å². The van der Waals surface area contributed by atoms with Gasteiger partial charge in [0.2, 0.25) is 6.79 Å². The van der Waals surface area contributed by atoms with Crippen LogP contribution in [0.1, 0.15) is 11.6 Å². The zero-order valence-electron chi connectivity index (χ0n) is 12.9. The third kappa shape index (κ3) is 3.40. The summed E-state index contributed by atoms with van der Waals surface area (Å²) in [6.45, 7) is 0.116. The standard InChI is InChI=1S/C17H15NO6/c1-21-16(19)15(11-7-8-13-14(9-11)23-10-22-13)18-17(20)24-12-5-3-2-4-6-12/h2-9,15H,10H2,1H3,(H,18,20). The Balaban J connectivity index is 1.77. The Labute approximate surface area is 138 Å². The van der Waals surface area contributed by atoms with Crippen molar-refractivity contribution in [1.82, 2.24) is 5.32 Å². The maximum absolute atomic E-state index is 12.1. The molecule has 0 saturated carbocycles. The molecule has 0 aliphatic carbocycles. The Kier molecular flexibility index (Phi) is 4.51. The van der Waals surface area contributed by atoms with Crippen LogP contribution in [0.4, 0.5) is 4.79 Å². The second kappa shape index (κ2) is 6.91. The third-order valence-corrected chi connectivity index (χ3v) is 3.38. The largest absolute Gasteiger partial charge is 0.467 e. The van der Waals surface area contributed by atoms with E-state index in [4.69, 9.17) is 18.9 Å². The van der Waals surface area contributed by atoms with Crippen LogP contribution in [0.5, 0.6) is 17.2 Å². The highest BCUT2D eigenvalue weighted by atomic mass is 16.7. The van der Waals surface area contributed by atoms with Crippen molar-refractivity contribution in [3.05, 3.63) is 54.1 Å². The van der Waals surface area contributed by atoms with Crippen LogP contribution in [-0.2, 0) is 9.53 Å². The topological polar surface area (TPSA) is 83.1 Å². The molecule has 0 bridgehead atoms. The smallest absolute Gasteiger partial charge is 0.413 e. The van der Waals surface area contributed by atoms with Gasteiger partial charge < -0.3 is 24.3 Å². The number of hydrogen-bond donors (Lipinski definition) is 1. The lowest BCUT2D eigenvalue weighted by Gasteiger charge is -2.17. The van der Waals surface area contributed by atoms with E-state index in [-0.39, 0.29) is 6.79 Å². The van der Waals surface area contributed by atoms with E-state index in [0.717, 1.165) is 0 Å². The maximum Gasteiger partial charge on any atom is 0.413 e. The summed E-state index contributed by atoms with van der Waals surface area (Å²) in [5, 5.41) is 2.49. The molecule has 3 rings (SSSR count). The van der Waals surface area contributed by atoms with E-state index in [1.54, 1.807) is 48.5 Å². The minimum atomic E-state index is -1.03. The van der Waals surface area contributed by atoms with Crippen LogP contribution in [0.25, 0.3) is 0 Å². The van der Waals surface area contributed by atoms with Crippen LogP contribution >= 0.6 is 0 Å². The molecule has 0 aromatic heterocycles. The quantitative estimate of drug-likeness (QED) is 0.868. The van der Waals surface area contributed by atoms with Crippen molar-refractivity contribution in [2.24, 2.45) is 0 Å². The molecule has 0 radical (unpaired) electrons. The van der Waals surface area contributed by atoms with Crippen LogP contribution in [0, 0.1) is 0 Å². The number of fused-ring (bicyclic) bond motifs is 1. The molecule has 0 saturated heterocycles. The molecule has 0 spiro atoms. The summed E-state index contributed by atoms with van der Waals surface area (Å²) in [7, 11) is 1.24. The van der Waals surface area contributed by atoms with Gasteiger partial charge >= 0.3 is 12.1 Å². The molecule has 1 aliphatic rings.